The van der Waals surface area contributed by atoms with E-state index in [0.717, 1.165) is 6.26 Å². The lowest BCUT2D eigenvalue weighted by Crippen LogP contribution is -2.51. The van der Waals surface area contributed by atoms with E-state index >= 15 is 0 Å². The Morgan fingerprint density at radius 1 is 1.47 bits per heavy atom. The summed E-state index contributed by atoms with van der Waals surface area (Å²) in [6, 6.07) is 3.03. The van der Waals surface area contributed by atoms with Crippen molar-refractivity contribution >= 4 is 21.6 Å². The van der Waals surface area contributed by atoms with Crippen molar-refractivity contribution in [3.63, 3.8) is 0 Å². The van der Waals surface area contributed by atoms with Gasteiger partial charge in [-0.3, -0.25) is 9.78 Å². The van der Waals surface area contributed by atoms with Gasteiger partial charge in [0.1, 0.15) is 5.69 Å². The van der Waals surface area contributed by atoms with Gasteiger partial charge in [-0.2, -0.15) is 0 Å². The van der Waals surface area contributed by atoms with Crippen LogP contribution in [0.15, 0.2) is 18.3 Å². The van der Waals surface area contributed by atoms with E-state index in [0.29, 0.717) is 5.69 Å². The predicted octanol–water partition coefficient (Wildman–Crippen LogP) is -0.279. The molecular formula is C11H18N4O3S. The lowest BCUT2D eigenvalue weighted by atomic mass is 10.1. The number of aromatic nitrogens is 1. The van der Waals surface area contributed by atoms with E-state index in [1.807, 2.05) is 0 Å². The Morgan fingerprint density at radius 3 is 2.63 bits per heavy atom. The van der Waals surface area contributed by atoms with Crippen molar-refractivity contribution in [1.29, 1.82) is 0 Å². The van der Waals surface area contributed by atoms with Crippen LogP contribution in [0, 0.1) is 0 Å². The van der Waals surface area contributed by atoms with Crippen molar-refractivity contribution in [3.05, 3.63) is 24.0 Å². The summed E-state index contributed by atoms with van der Waals surface area (Å²) in [4.78, 5) is 15.7. The molecule has 0 fully saturated rings. The van der Waals surface area contributed by atoms with Crippen LogP contribution in [0.4, 0.5) is 5.69 Å². The summed E-state index contributed by atoms with van der Waals surface area (Å²) in [6.07, 6.45) is 2.50. The van der Waals surface area contributed by atoms with Crippen LogP contribution in [0.3, 0.4) is 0 Å². The van der Waals surface area contributed by atoms with Crippen molar-refractivity contribution in [3.8, 4) is 0 Å². The van der Waals surface area contributed by atoms with Crippen LogP contribution in [-0.2, 0) is 10.0 Å². The van der Waals surface area contributed by atoms with Gasteiger partial charge in [0.15, 0.2) is 0 Å². The summed E-state index contributed by atoms with van der Waals surface area (Å²) >= 11 is 0. The molecule has 1 amide bonds. The Bertz CT molecular complexity index is 569. The number of pyridine rings is 1. The molecule has 8 heteroatoms. The van der Waals surface area contributed by atoms with Gasteiger partial charge in [-0.05, 0) is 26.0 Å². The maximum absolute atomic E-state index is 11.8. The van der Waals surface area contributed by atoms with E-state index in [1.165, 1.54) is 12.3 Å². The lowest BCUT2D eigenvalue weighted by molar-refractivity contribution is 0.0939. The average Bonchev–Trinajstić information content (AvgIpc) is 2.22. The van der Waals surface area contributed by atoms with Crippen molar-refractivity contribution in [2.24, 2.45) is 0 Å². The van der Waals surface area contributed by atoms with Gasteiger partial charge in [0, 0.05) is 24.0 Å². The van der Waals surface area contributed by atoms with Gasteiger partial charge in [-0.1, -0.05) is 0 Å². The normalized spacial score (nSPS) is 12.2. The number of carbonyl (C=O) groups is 1. The number of hydrogen-bond donors (Lipinski definition) is 3. The van der Waals surface area contributed by atoms with E-state index in [4.69, 9.17) is 5.73 Å². The number of nitrogen functional groups attached to an aromatic ring is 1. The first-order chi connectivity index (χ1) is 8.59. The second-order valence-electron chi connectivity index (χ2n) is 4.92. The maximum atomic E-state index is 11.8. The van der Waals surface area contributed by atoms with E-state index in [1.54, 1.807) is 19.9 Å². The van der Waals surface area contributed by atoms with Gasteiger partial charge in [-0.15, -0.1) is 0 Å². The van der Waals surface area contributed by atoms with Crippen molar-refractivity contribution in [2.75, 3.05) is 18.5 Å². The third-order valence-electron chi connectivity index (χ3n) is 2.17. The molecule has 0 saturated heterocycles. The summed E-state index contributed by atoms with van der Waals surface area (Å²) in [5.74, 6) is -0.407. The summed E-state index contributed by atoms with van der Waals surface area (Å²) in [7, 11) is -3.34. The standard InChI is InChI=1S/C11H18N4O3S/c1-11(2,15-19(3,17)18)7-14-10(16)9-6-8(12)4-5-13-9/h4-6,15H,7H2,1-3H3,(H2,12,13)(H,14,16). The van der Waals surface area contributed by atoms with Crippen LogP contribution in [-0.4, -0.2) is 37.6 Å². The average molecular weight is 286 g/mol. The summed E-state index contributed by atoms with van der Waals surface area (Å²) < 4.78 is 24.7. The van der Waals surface area contributed by atoms with Gasteiger partial charge in [-0.25, -0.2) is 13.1 Å². The van der Waals surface area contributed by atoms with E-state index in [2.05, 4.69) is 15.0 Å². The van der Waals surface area contributed by atoms with Crippen molar-refractivity contribution in [1.82, 2.24) is 15.0 Å². The zero-order valence-corrected chi connectivity index (χ0v) is 11.9. The number of amides is 1. The summed E-state index contributed by atoms with van der Waals surface area (Å²) in [5, 5.41) is 2.61. The zero-order chi connectivity index (χ0) is 14.7. The van der Waals surface area contributed by atoms with Gasteiger partial charge in [0.25, 0.3) is 5.91 Å². The molecule has 0 aliphatic carbocycles. The van der Waals surface area contributed by atoms with Gasteiger partial charge in [0.2, 0.25) is 10.0 Å². The van der Waals surface area contributed by atoms with Crippen LogP contribution in [0.1, 0.15) is 24.3 Å². The molecule has 0 aliphatic rings. The first-order valence-corrected chi connectivity index (χ1v) is 7.47. The maximum Gasteiger partial charge on any atom is 0.270 e. The fourth-order valence-electron chi connectivity index (χ4n) is 1.50. The topological polar surface area (TPSA) is 114 Å². The molecule has 1 aromatic heterocycles. The molecule has 0 spiro atoms. The molecule has 0 aliphatic heterocycles. The molecule has 1 heterocycles. The second kappa shape index (κ2) is 5.54. The van der Waals surface area contributed by atoms with E-state index in [9.17, 15) is 13.2 Å². The quantitative estimate of drug-likeness (QED) is 0.689. The molecule has 0 aromatic carbocycles. The van der Waals surface area contributed by atoms with Crippen molar-refractivity contribution < 1.29 is 13.2 Å². The summed E-state index contributed by atoms with van der Waals surface area (Å²) in [6.45, 7) is 3.47. The Labute approximate surface area is 112 Å². The highest BCUT2D eigenvalue weighted by molar-refractivity contribution is 7.88. The van der Waals surface area contributed by atoms with Crippen LogP contribution in [0.2, 0.25) is 0 Å². The van der Waals surface area contributed by atoms with Gasteiger partial charge in [0.05, 0.1) is 6.26 Å². The molecule has 0 bridgehead atoms. The molecule has 106 valence electrons. The highest BCUT2D eigenvalue weighted by atomic mass is 32.2. The monoisotopic (exact) mass is 286 g/mol. The number of nitrogens with zero attached hydrogens (tertiary/aromatic N) is 1. The molecule has 0 radical (unpaired) electrons. The lowest BCUT2D eigenvalue weighted by Gasteiger charge is -2.25. The fraction of sp³-hybridized carbons (Fsp3) is 0.455. The first-order valence-electron chi connectivity index (χ1n) is 5.58. The number of sulfonamides is 1. The predicted molar refractivity (Wildman–Crippen MR) is 73.0 cm³/mol. The zero-order valence-electron chi connectivity index (χ0n) is 11.1. The Hall–Kier alpha value is -1.67. The molecule has 4 N–H and O–H groups in total. The third kappa shape index (κ3) is 5.66. The van der Waals surface area contributed by atoms with Crippen LogP contribution < -0.4 is 15.8 Å². The number of hydrogen-bond acceptors (Lipinski definition) is 5. The number of nitrogens with two attached hydrogens (primary N) is 1. The fourth-order valence-corrected chi connectivity index (χ4v) is 2.58. The Balaban J connectivity index is 2.64. The highest BCUT2D eigenvalue weighted by Gasteiger charge is 2.23. The molecular weight excluding hydrogens is 268 g/mol. The molecule has 0 saturated carbocycles. The molecule has 0 atom stereocenters. The molecule has 19 heavy (non-hydrogen) atoms. The minimum atomic E-state index is -3.34. The number of rotatable bonds is 5. The van der Waals surface area contributed by atoms with Crippen LogP contribution >= 0.6 is 0 Å². The molecule has 1 rings (SSSR count). The number of anilines is 1. The largest absolute Gasteiger partial charge is 0.399 e. The molecule has 7 nitrogen and oxygen atoms in total. The van der Waals surface area contributed by atoms with Crippen molar-refractivity contribution in [2.45, 2.75) is 19.4 Å². The highest BCUT2D eigenvalue weighted by Crippen LogP contribution is 2.05. The van der Waals surface area contributed by atoms with Gasteiger partial charge < -0.3 is 11.1 Å². The van der Waals surface area contributed by atoms with E-state index < -0.39 is 21.5 Å². The molecule has 1 aromatic rings. The second-order valence-corrected chi connectivity index (χ2v) is 6.66. The number of carbonyl (C=O) groups excluding carboxylic acids is 1. The molecule has 0 unspecified atom stereocenters. The first kappa shape index (κ1) is 15.4. The van der Waals surface area contributed by atoms with Crippen LogP contribution in [0.5, 0.6) is 0 Å². The minimum Gasteiger partial charge on any atom is -0.399 e. The Morgan fingerprint density at radius 2 is 2.11 bits per heavy atom. The van der Waals surface area contributed by atoms with Crippen LogP contribution in [0.25, 0.3) is 0 Å². The minimum absolute atomic E-state index is 0.134. The third-order valence-corrected chi connectivity index (χ3v) is 3.09. The van der Waals surface area contributed by atoms with Gasteiger partial charge >= 0.3 is 0 Å². The number of nitrogens with one attached hydrogen (secondary N) is 2. The Kier molecular flexibility index (Phi) is 4.48. The SMILES string of the molecule is CC(C)(CNC(=O)c1cc(N)ccn1)NS(C)(=O)=O. The van der Waals surface area contributed by atoms with E-state index in [-0.39, 0.29) is 12.2 Å². The summed E-state index contributed by atoms with van der Waals surface area (Å²) in [5.41, 5.74) is 5.39. The smallest absolute Gasteiger partial charge is 0.270 e.